The van der Waals surface area contributed by atoms with E-state index in [1.54, 1.807) is 6.07 Å². The second-order valence-electron chi connectivity index (χ2n) is 6.56. The first kappa shape index (κ1) is 23.3. The molecule has 0 saturated carbocycles. The SMILES string of the molecule is COC(=O)C(NC(=O)CCC(=O)CCC(=O)c1ccc(C)s1)c1cc(F)ccc1F. The van der Waals surface area contributed by atoms with Gasteiger partial charge in [0.25, 0.3) is 0 Å². The second kappa shape index (κ2) is 10.7. The van der Waals surface area contributed by atoms with Gasteiger partial charge >= 0.3 is 5.97 Å². The number of halogens is 2. The Bertz CT molecular complexity index is 957. The van der Waals surface area contributed by atoms with Gasteiger partial charge in [-0.25, -0.2) is 13.6 Å². The molecular weight excluding hydrogens is 416 g/mol. The quantitative estimate of drug-likeness (QED) is 0.452. The van der Waals surface area contributed by atoms with E-state index in [2.05, 4.69) is 10.1 Å². The molecule has 6 nitrogen and oxygen atoms in total. The first-order chi connectivity index (χ1) is 14.2. The van der Waals surface area contributed by atoms with Gasteiger partial charge in [0, 0.05) is 36.1 Å². The zero-order valence-corrected chi connectivity index (χ0v) is 17.3. The van der Waals surface area contributed by atoms with Crippen LogP contribution in [0.2, 0.25) is 0 Å². The molecule has 1 aromatic heterocycles. The number of esters is 1. The van der Waals surface area contributed by atoms with Gasteiger partial charge in [0.2, 0.25) is 5.91 Å². The third-order valence-corrected chi connectivity index (χ3v) is 5.33. The Hall–Kier alpha value is -2.94. The van der Waals surface area contributed by atoms with Gasteiger partial charge in [0.15, 0.2) is 11.8 Å². The van der Waals surface area contributed by atoms with Gasteiger partial charge in [0.1, 0.15) is 17.4 Å². The van der Waals surface area contributed by atoms with Crippen LogP contribution >= 0.6 is 11.3 Å². The first-order valence-corrected chi connectivity index (χ1v) is 9.96. The smallest absolute Gasteiger partial charge is 0.333 e. The predicted molar refractivity (Wildman–Crippen MR) is 106 cm³/mol. The summed E-state index contributed by atoms with van der Waals surface area (Å²) in [5.41, 5.74) is -0.377. The fraction of sp³-hybridized carbons (Fsp3) is 0.333. The summed E-state index contributed by atoms with van der Waals surface area (Å²) in [4.78, 5) is 49.7. The Kier molecular flexibility index (Phi) is 8.35. The number of ketones is 2. The Balaban J connectivity index is 1.89. The van der Waals surface area contributed by atoms with Crippen LogP contribution in [0.25, 0.3) is 0 Å². The average Bonchev–Trinajstić information content (AvgIpc) is 3.16. The van der Waals surface area contributed by atoms with Gasteiger partial charge in [0.05, 0.1) is 12.0 Å². The molecule has 0 saturated heterocycles. The van der Waals surface area contributed by atoms with Crippen LogP contribution in [0.1, 0.15) is 51.8 Å². The summed E-state index contributed by atoms with van der Waals surface area (Å²) in [6.07, 6.45) is -0.390. The van der Waals surface area contributed by atoms with E-state index in [0.29, 0.717) is 4.88 Å². The van der Waals surface area contributed by atoms with Crippen molar-refractivity contribution in [2.24, 2.45) is 0 Å². The van der Waals surface area contributed by atoms with Gasteiger partial charge < -0.3 is 10.1 Å². The molecule has 1 N–H and O–H groups in total. The van der Waals surface area contributed by atoms with Crippen molar-refractivity contribution in [1.82, 2.24) is 5.32 Å². The highest BCUT2D eigenvalue weighted by atomic mass is 32.1. The summed E-state index contributed by atoms with van der Waals surface area (Å²) in [5.74, 6) is -3.78. The minimum absolute atomic E-state index is 0.0119. The summed E-state index contributed by atoms with van der Waals surface area (Å²) >= 11 is 1.35. The number of benzene rings is 1. The molecule has 0 aliphatic heterocycles. The highest BCUT2D eigenvalue weighted by molar-refractivity contribution is 7.14. The van der Waals surface area contributed by atoms with Crippen molar-refractivity contribution in [1.29, 1.82) is 0 Å². The third kappa shape index (κ3) is 6.55. The summed E-state index contributed by atoms with van der Waals surface area (Å²) < 4.78 is 32.0. The molecule has 0 aliphatic carbocycles. The molecule has 0 fully saturated rings. The van der Waals surface area contributed by atoms with Crippen LogP contribution in [0.15, 0.2) is 30.3 Å². The number of methoxy groups -OCH3 is 1. The van der Waals surface area contributed by atoms with E-state index in [1.165, 1.54) is 11.3 Å². The Morgan fingerprint density at radius 1 is 1.03 bits per heavy atom. The standard InChI is InChI=1S/C21H21F2NO5S/c1-12-3-9-18(30-12)17(26)8-5-14(25)6-10-19(27)24-20(21(28)29-2)15-11-13(22)4-7-16(15)23/h3-4,7,9,11,20H,5-6,8,10H2,1-2H3,(H,24,27). The molecule has 0 spiro atoms. The molecular formula is C21H21F2NO5S. The molecule has 1 unspecified atom stereocenters. The number of carbonyl (C=O) groups is 4. The lowest BCUT2D eigenvalue weighted by Gasteiger charge is -2.17. The normalized spacial score (nSPS) is 11.6. The van der Waals surface area contributed by atoms with Gasteiger partial charge in [-0.1, -0.05) is 0 Å². The van der Waals surface area contributed by atoms with Crippen LogP contribution in [0.4, 0.5) is 8.78 Å². The Morgan fingerprint density at radius 3 is 2.37 bits per heavy atom. The van der Waals surface area contributed by atoms with Crippen molar-refractivity contribution < 1.29 is 32.7 Å². The van der Waals surface area contributed by atoms with Crippen LogP contribution in [-0.2, 0) is 19.1 Å². The topological polar surface area (TPSA) is 89.5 Å². The molecule has 30 heavy (non-hydrogen) atoms. The van der Waals surface area contributed by atoms with Crippen molar-refractivity contribution >= 4 is 34.8 Å². The minimum Gasteiger partial charge on any atom is -0.467 e. The molecule has 0 aliphatic rings. The maximum absolute atomic E-state index is 14.0. The maximum Gasteiger partial charge on any atom is 0.333 e. The number of thiophene rings is 1. The molecule has 1 heterocycles. The number of ether oxygens (including phenoxy) is 1. The first-order valence-electron chi connectivity index (χ1n) is 9.14. The molecule has 160 valence electrons. The Labute approximate surface area is 176 Å². The highest BCUT2D eigenvalue weighted by Crippen LogP contribution is 2.21. The van der Waals surface area contributed by atoms with E-state index >= 15 is 0 Å². The van der Waals surface area contributed by atoms with Crippen LogP contribution < -0.4 is 5.32 Å². The molecule has 0 bridgehead atoms. The van der Waals surface area contributed by atoms with E-state index in [0.717, 1.165) is 30.2 Å². The third-order valence-electron chi connectivity index (χ3n) is 4.29. The Morgan fingerprint density at radius 2 is 1.73 bits per heavy atom. The minimum atomic E-state index is -1.54. The fourth-order valence-corrected chi connectivity index (χ4v) is 3.52. The average molecular weight is 437 g/mol. The van der Waals surface area contributed by atoms with Crippen molar-refractivity contribution in [3.63, 3.8) is 0 Å². The summed E-state index contributed by atoms with van der Waals surface area (Å²) in [6, 6.07) is 4.49. The summed E-state index contributed by atoms with van der Waals surface area (Å²) in [6.45, 7) is 1.88. The van der Waals surface area contributed by atoms with Gasteiger partial charge in [-0.3, -0.25) is 14.4 Å². The van der Waals surface area contributed by atoms with E-state index in [4.69, 9.17) is 0 Å². The zero-order chi connectivity index (χ0) is 22.3. The van der Waals surface area contributed by atoms with Gasteiger partial charge in [-0.05, 0) is 37.3 Å². The van der Waals surface area contributed by atoms with Crippen molar-refractivity contribution in [3.05, 3.63) is 57.3 Å². The van der Waals surface area contributed by atoms with Crippen molar-refractivity contribution in [2.75, 3.05) is 7.11 Å². The highest BCUT2D eigenvalue weighted by Gasteiger charge is 2.27. The number of aryl methyl sites for hydroxylation is 1. The number of amides is 1. The van der Waals surface area contributed by atoms with Crippen LogP contribution in [0.3, 0.4) is 0 Å². The lowest BCUT2D eigenvalue weighted by atomic mass is 10.0. The number of nitrogens with one attached hydrogen (secondary N) is 1. The number of hydrogen-bond acceptors (Lipinski definition) is 6. The van der Waals surface area contributed by atoms with E-state index in [1.807, 2.05) is 13.0 Å². The van der Waals surface area contributed by atoms with Crippen molar-refractivity contribution in [2.45, 2.75) is 38.6 Å². The monoisotopic (exact) mass is 437 g/mol. The maximum atomic E-state index is 14.0. The lowest BCUT2D eigenvalue weighted by molar-refractivity contribution is -0.145. The van der Waals surface area contributed by atoms with Gasteiger partial charge in [-0.2, -0.15) is 0 Å². The summed E-state index contributed by atoms with van der Waals surface area (Å²) in [5, 5.41) is 2.26. The molecule has 9 heteroatoms. The largest absolute Gasteiger partial charge is 0.467 e. The molecule has 1 atom stereocenters. The van der Waals surface area contributed by atoms with E-state index in [-0.39, 0.29) is 42.8 Å². The molecule has 1 amide bonds. The van der Waals surface area contributed by atoms with Crippen LogP contribution in [-0.4, -0.2) is 30.6 Å². The van der Waals surface area contributed by atoms with Crippen LogP contribution in [0, 0.1) is 18.6 Å². The number of rotatable bonds is 10. The van der Waals surface area contributed by atoms with E-state index in [9.17, 15) is 28.0 Å². The summed E-state index contributed by atoms with van der Waals surface area (Å²) in [7, 11) is 1.05. The van der Waals surface area contributed by atoms with Gasteiger partial charge in [-0.15, -0.1) is 11.3 Å². The molecule has 2 aromatic rings. The molecule has 0 radical (unpaired) electrons. The second-order valence-corrected chi connectivity index (χ2v) is 7.85. The van der Waals surface area contributed by atoms with Crippen molar-refractivity contribution in [3.8, 4) is 0 Å². The van der Waals surface area contributed by atoms with Crippen LogP contribution in [0.5, 0.6) is 0 Å². The predicted octanol–water partition coefficient (Wildman–Crippen LogP) is 3.68. The molecule has 2 rings (SSSR count). The fourth-order valence-electron chi connectivity index (χ4n) is 2.69. The lowest BCUT2D eigenvalue weighted by Crippen LogP contribution is -2.35. The molecule has 1 aromatic carbocycles. The zero-order valence-electron chi connectivity index (χ0n) is 16.5. The van der Waals surface area contributed by atoms with E-state index < -0.39 is 29.6 Å². The number of Topliss-reactive ketones (excluding diaryl/α,β-unsaturated/α-hetero) is 2. The number of hydrogen-bond donors (Lipinski definition) is 1. The number of carbonyl (C=O) groups excluding carboxylic acids is 4.